The van der Waals surface area contributed by atoms with Crippen molar-refractivity contribution in [1.82, 2.24) is 10.5 Å². The number of ether oxygens (including phenoxy) is 1. The summed E-state index contributed by atoms with van der Waals surface area (Å²) in [6, 6.07) is 7.04. The minimum absolute atomic E-state index is 0.0300. The smallest absolute Gasteiger partial charge is 0.346 e. The van der Waals surface area contributed by atoms with Crippen molar-refractivity contribution in [2.75, 3.05) is 5.73 Å². The lowest BCUT2D eigenvalue weighted by Crippen LogP contribution is -2.35. The minimum atomic E-state index is -0.983. The maximum absolute atomic E-state index is 12.0. The third-order valence-electron chi connectivity index (χ3n) is 3.13. The Balaban J connectivity index is 1.90. The van der Waals surface area contributed by atoms with Gasteiger partial charge in [0.05, 0.1) is 5.69 Å². The van der Waals surface area contributed by atoms with Crippen LogP contribution in [-0.2, 0) is 16.1 Å². The van der Waals surface area contributed by atoms with Gasteiger partial charge in [0, 0.05) is 11.6 Å². The number of nitrogen functional groups attached to an aromatic ring is 1. The van der Waals surface area contributed by atoms with Crippen LogP contribution in [0, 0.1) is 6.92 Å². The zero-order chi connectivity index (χ0) is 17.0. The fourth-order valence-electron chi connectivity index (χ4n) is 1.84. The van der Waals surface area contributed by atoms with Gasteiger partial charge in [0.1, 0.15) is 5.56 Å². The van der Waals surface area contributed by atoms with Crippen LogP contribution in [0.15, 0.2) is 28.8 Å². The average molecular weight is 338 g/mol. The average Bonchev–Trinajstić information content (AvgIpc) is 2.85. The van der Waals surface area contributed by atoms with Crippen LogP contribution in [-0.4, -0.2) is 23.1 Å². The van der Waals surface area contributed by atoms with Crippen molar-refractivity contribution in [1.29, 1.82) is 0 Å². The molecule has 23 heavy (non-hydrogen) atoms. The number of anilines is 1. The second-order valence-electron chi connectivity index (χ2n) is 4.90. The highest BCUT2D eigenvalue weighted by Crippen LogP contribution is 2.17. The van der Waals surface area contributed by atoms with E-state index in [1.807, 2.05) is 0 Å². The second kappa shape index (κ2) is 7.15. The first-order chi connectivity index (χ1) is 10.9. The van der Waals surface area contributed by atoms with Crippen molar-refractivity contribution >= 4 is 29.4 Å². The first-order valence-corrected chi connectivity index (χ1v) is 7.21. The number of carbonyl (C=O) groups excluding carboxylic acids is 2. The first kappa shape index (κ1) is 16.8. The van der Waals surface area contributed by atoms with Crippen LogP contribution in [0.4, 0.5) is 5.88 Å². The topological polar surface area (TPSA) is 107 Å². The predicted molar refractivity (Wildman–Crippen MR) is 83.8 cm³/mol. The fourth-order valence-corrected chi connectivity index (χ4v) is 1.97. The van der Waals surface area contributed by atoms with E-state index in [0.717, 1.165) is 5.56 Å². The number of amides is 1. The standard InChI is InChI=1S/C15H16ClN3O4/c1-8-12(13(17)23-19-8)15(21)22-9(2)14(20)18-7-10-3-5-11(16)6-4-10/h3-6,9H,7,17H2,1-2H3,(H,18,20). The molecule has 2 rings (SSSR count). The molecule has 2 aromatic rings. The lowest BCUT2D eigenvalue weighted by molar-refractivity contribution is -0.129. The van der Waals surface area contributed by atoms with Crippen LogP contribution in [0.2, 0.25) is 5.02 Å². The number of hydrogen-bond acceptors (Lipinski definition) is 6. The van der Waals surface area contributed by atoms with Gasteiger partial charge in [0.25, 0.3) is 5.91 Å². The van der Waals surface area contributed by atoms with Gasteiger partial charge in [-0.05, 0) is 31.5 Å². The van der Waals surface area contributed by atoms with Crippen molar-refractivity contribution in [3.05, 3.63) is 46.1 Å². The molecule has 7 nitrogen and oxygen atoms in total. The molecule has 0 bridgehead atoms. The fraction of sp³-hybridized carbons (Fsp3) is 0.267. The van der Waals surface area contributed by atoms with Gasteiger partial charge in [-0.25, -0.2) is 4.79 Å². The third-order valence-corrected chi connectivity index (χ3v) is 3.38. The summed E-state index contributed by atoms with van der Waals surface area (Å²) in [5.74, 6) is -1.32. The highest BCUT2D eigenvalue weighted by molar-refractivity contribution is 6.30. The molecule has 0 aliphatic rings. The first-order valence-electron chi connectivity index (χ1n) is 6.83. The van der Waals surface area contributed by atoms with Crippen LogP contribution in [0.5, 0.6) is 0 Å². The highest BCUT2D eigenvalue weighted by Gasteiger charge is 2.24. The van der Waals surface area contributed by atoms with Crippen molar-refractivity contribution in [3.8, 4) is 0 Å². The molecule has 1 aromatic heterocycles. The lowest BCUT2D eigenvalue weighted by atomic mass is 10.2. The number of benzene rings is 1. The van der Waals surface area contributed by atoms with Gasteiger partial charge >= 0.3 is 5.97 Å². The van der Waals surface area contributed by atoms with Crippen LogP contribution in [0.3, 0.4) is 0 Å². The Morgan fingerprint density at radius 3 is 2.61 bits per heavy atom. The van der Waals surface area contributed by atoms with Crippen molar-refractivity contribution < 1.29 is 18.8 Å². The van der Waals surface area contributed by atoms with Crippen LogP contribution >= 0.6 is 11.6 Å². The Labute approximate surface area is 137 Å². The summed E-state index contributed by atoms with van der Waals surface area (Å²) in [6.07, 6.45) is -0.983. The van der Waals surface area contributed by atoms with E-state index in [1.165, 1.54) is 6.92 Å². The normalized spacial score (nSPS) is 11.8. The molecule has 1 atom stereocenters. The highest BCUT2D eigenvalue weighted by atomic mass is 35.5. The summed E-state index contributed by atoms with van der Waals surface area (Å²) in [5.41, 5.74) is 6.71. The Kier molecular flexibility index (Phi) is 5.23. The number of aromatic nitrogens is 1. The summed E-state index contributed by atoms with van der Waals surface area (Å²) in [7, 11) is 0. The van der Waals surface area contributed by atoms with Crippen LogP contribution in [0.1, 0.15) is 28.5 Å². The maximum Gasteiger partial charge on any atom is 0.346 e. The molecular formula is C15H16ClN3O4. The zero-order valence-electron chi connectivity index (χ0n) is 12.6. The summed E-state index contributed by atoms with van der Waals surface area (Å²) in [5, 5.41) is 6.84. The molecule has 1 aromatic carbocycles. The van der Waals surface area contributed by atoms with E-state index < -0.39 is 18.0 Å². The monoisotopic (exact) mass is 337 g/mol. The maximum atomic E-state index is 12.0. The van der Waals surface area contributed by atoms with Gasteiger partial charge in [-0.1, -0.05) is 28.9 Å². The largest absolute Gasteiger partial charge is 0.449 e. The van der Waals surface area contributed by atoms with E-state index in [-0.39, 0.29) is 11.4 Å². The summed E-state index contributed by atoms with van der Waals surface area (Å²) in [4.78, 5) is 24.0. The Morgan fingerprint density at radius 1 is 1.39 bits per heavy atom. The lowest BCUT2D eigenvalue weighted by Gasteiger charge is -2.13. The molecular weight excluding hydrogens is 322 g/mol. The summed E-state index contributed by atoms with van der Waals surface area (Å²) in [6.45, 7) is 3.32. The molecule has 8 heteroatoms. The molecule has 0 saturated heterocycles. The van der Waals surface area contributed by atoms with Crippen molar-refractivity contribution in [2.45, 2.75) is 26.5 Å². The molecule has 0 fully saturated rings. The van der Waals surface area contributed by atoms with E-state index >= 15 is 0 Å². The number of carbonyl (C=O) groups is 2. The van der Waals surface area contributed by atoms with Gasteiger partial charge in [-0.2, -0.15) is 0 Å². The summed E-state index contributed by atoms with van der Waals surface area (Å²) >= 11 is 5.79. The van der Waals surface area contributed by atoms with Gasteiger partial charge in [0.15, 0.2) is 6.10 Å². The molecule has 1 heterocycles. The summed E-state index contributed by atoms with van der Waals surface area (Å²) < 4.78 is 9.76. The quantitative estimate of drug-likeness (QED) is 0.809. The van der Waals surface area contributed by atoms with Crippen molar-refractivity contribution in [2.24, 2.45) is 0 Å². The van der Waals surface area contributed by atoms with Gasteiger partial charge in [0.2, 0.25) is 5.88 Å². The number of rotatable bonds is 5. The van der Waals surface area contributed by atoms with Crippen LogP contribution < -0.4 is 11.1 Å². The number of nitrogens with zero attached hydrogens (tertiary/aromatic N) is 1. The molecule has 122 valence electrons. The van der Waals surface area contributed by atoms with E-state index in [4.69, 9.17) is 22.1 Å². The number of aryl methyl sites for hydroxylation is 1. The van der Waals surface area contributed by atoms with E-state index in [9.17, 15) is 9.59 Å². The van der Waals surface area contributed by atoms with Gasteiger partial charge in [-0.3, -0.25) is 4.79 Å². The van der Waals surface area contributed by atoms with Gasteiger partial charge in [-0.15, -0.1) is 0 Å². The zero-order valence-corrected chi connectivity index (χ0v) is 13.4. The Bertz CT molecular complexity index is 693. The molecule has 3 N–H and O–H groups in total. The van der Waals surface area contributed by atoms with E-state index in [0.29, 0.717) is 17.3 Å². The number of hydrogen-bond donors (Lipinski definition) is 2. The Morgan fingerprint density at radius 2 is 2.04 bits per heavy atom. The minimum Gasteiger partial charge on any atom is -0.449 e. The SMILES string of the molecule is Cc1noc(N)c1C(=O)OC(C)C(=O)NCc1ccc(Cl)cc1. The molecule has 0 aliphatic heterocycles. The number of halogens is 1. The number of nitrogens with two attached hydrogens (primary N) is 1. The van der Waals surface area contributed by atoms with Crippen LogP contribution in [0.25, 0.3) is 0 Å². The van der Waals surface area contributed by atoms with E-state index in [2.05, 4.69) is 15.0 Å². The molecule has 1 amide bonds. The predicted octanol–water partition coefficient (Wildman–Crippen LogP) is 2.08. The van der Waals surface area contributed by atoms with Gasteiger partial charge < -0.3 is 20.3 Å². The third kappa shape index (κ3) is 4.23. The Hall–Kier alpha value is -2.54. The second-order valence-corrected chi connectivity index (χ2v) is 5.34. The molecule has 0 aliphatic carbocycles. The molecule has 0 saturated carbocycles. The number of nitrogens with one attached hydrogen (secondary N) is 1. The number of esters is 1. The van der Waals surface area contributed by atoms with E-state index in [1.54, 1.807) is 31.2 Å². The molecule has 1 unspecified atom stereocenters. The van der Waals surface area contributed by atoms with Crippen molar-refractivity contribution in [3.63, 3.8) is 0 Å². The molecule has 0 spiro atoms. The molecule has 0 radical (unpaired) electrons.